The molecule has 0 radical (unpaired) electrons. The highest BCUT2D eigenvalue weighted by Gasteiger charge is 2.14. The van der Waals surface area contributed by atoms with Crippen molar-refractivity contribution in [3.05, 3.63) is 58.9 Å². The Morgan fingerprint density at radius 1 is 1.27 bits per heavy atom. The SMILES string of the molecule is COc1ccc(-c2nn3cnnc3s2)cc1NC(=O)COc1ccc([N+](=O)[O-])cc1. The molecule has 1 N–H and O–H groups in total. The highest BCUT2D eigenvalue weighted by atomic mass is 32.1. The molecule has 12 heteroatoms. The standard InChI is InChI=1S/C18H14N6O5S/c1-28-15-7-2-11(17-22-23-10-19-21-18(23)30-17)8-14(15)20-16(25)9-29-13-5-3-12(4-6-13)24(26)27/h2-8,10H,9H2,1H3,(H,20,25). The first-order valence-corrected chi connectivity index (χ1v) is 9.37. The molecule has 2 aromatic heterocycles. The van der Waals surface area contributed by atoms with Crippen LogP contribution in [0, 0.1) is 10.1 Å². The molecule has 11 nitrogen and oxygen atoms in total. The monoisotopic (exact) mass is 426 g/mol. The number of non-ortho nitro benzene ring substituents is 1. The number of nitrogens with zero attached hydrogens (tertiary/aromatic N) is 5. The molecule has 4 rings (SSSR count). The minimum Gasteiger partial charge on any atom is -0.495 e. The van der Waals surface area contributed by atoms with E-state index < -0.39 is 10.8 Å². The van der Waals surface area contributed by atoms with Crippen molar-refractivity contribution in [1.29, 1.82) is 0 Å². The molecule has 0 aliphatic rings. The van der Waals surface area contributed by atoms with E-state index in [0.29, 0.717) is 27.2 Å². The van der Waals surface area contributed by atoms with Gasteiger partial charge in [0, 0.05) is 17.7 Å². The number of fused-ring (bicyclic) bond motifs is 1. The van der Waals surface area contributed by atoms with Gasteiger partial charge in [0.15, 0.2) is 6.61 Å². The molecule has 0 saturated carbocycles. The van der Waals surface area contributed by atoms with Gasteiger partial charge in [0.2, 0.25) is 4.96 Å². The van der Waals surface area contributed by atoms with Crippen molar-refractivity contribution < 1.29 is 19.2 Å². The molecule has 0 spiro atoms. The Bertz CT molecular complexity index is 1190. The van der Waals surface area contributed by atoms with E-state index in [4.69, 9.17) is 9.47 Å². The minimum absolute atomic E-state index is 0.0567. The molecule has 0 bridgehead atoms. The maximum Gasteiger partial charge on any atom is 0.269 e. The number of benzene rings is 2. The van der Waals surface area contributed by atoms with Crippen LogP contribution in [0.2, 0.25) is 0 Å². The number of carbonyl (C=O) groups is 1. The molecular weight excluding hydrogens is 412 g/mol. The van der Waals surface area contributed by atoms with E-state index >= 15 is 0 Å². The van der Waals surface area contributed by atoms with Crippen molar-refractivity contribution in [3.63, 3.8) is 0 Å². The van der Waals surface area contributed by atoms with Crippen LogP contribution in [-0.4, -0.2) is 44.4 Å². The summed E-state index contributed by atoms with van der Waals surface area (Å²) in [6.07, 6.45) is 1.51. The summed E-state index contributed by atoms with van der Waals surface area (Å²) in [6, 6.07) is 10.8. The van der Waals surface area contributed by atoms with E-state index in [0.717, 1.165) is 5.56 Å². The Hall–Kier alpha value is -4.06. The van der Waals surface area contributed by atoms with Crippen molar-refractivity contribution in [2.45, 2.75) is 0 Å². The van der Waals surface area contributed by atoms with E-state index in [1.165, 1.54) is 49.0 Å². The molecule has 30 heavy (non-hydrogen) atoms. The lowest BCUT2D eigenvalue weighted by Gasteiger charge is -2.12. The minimum atomic E-state index is -0.508. The third kappa shape index (κ3) is 4.03. The van der Waals surface area contributed by atoms with Crippen LogP contribution in [0.15, 0.2) is 48.8 Å². The van der Waals surface area contributed by atoms with Gasteiger partial charge in [0.25, 0.3) is 11.6 Å². The fourth-order valence-corrected chi connectivity index (χ4v) is 3.43. The molecule has 152 valence electrons. The van der Waals surface area contributed by atoms with Gasteiger partial charge in [-0.2, -0.15) is 9.61 Å². The Morgan fingerprint density at radius 3 is 2.77 bits per heavy atom. The zero-order valence-corrected chi connectivity index (χ0v) is 16.3. The molecule has 4 aromatic rings. The number of amides is 1. The Kier molecular flexibility index (Phi) is 5.22. The second-order valence-electron chi connectivity index (χ2n) is 5.97. The summed E-state index contributed by atoms with van der Waals surface area (Å²) in [4.78, 5) is 23.2. The van der Waals surface area contributed by atoms with Gasteiger partial charge in [0.1, 0.15) is 22.8 Å². The predicted molar refractivity (Wildman–Crippen MR) is 108 cm³/mol. The highest BCUT2D eigenvalue weighted by Crippen LogP contribution is 2.32. The molecule has 0 unspecified atom stereocenters. The van der Waals surface area contributed by atoms with Gasteiger partial charge in [-0.25, -0.2) is 0 Å². The summed E-state index contributed by atoms with van der Waals surface area (Å²) in [7, 11) is 1.50. The molecule has 2 aromatic carbocycles. The number of nitro groups is 1. The van der Waals surface area contributed by atoms with Crippen molar-refractivity contribution in [3.8, 4) is 22.1 Å². The quantitative estimate of drug-likeness (QED) is 0.352. The van der Waals surface area contributed by atoms with Crippen LogP contribution in [-0.2, 0) is 4.79 Å². The van der Waals surface area contributed by atoms with E-state index in [-0.39, 0.29) is 12.3 Å². The van der Waals surface area contributed by atoms with E-state index in [9.17, 15) is 14.9 Å². The van der Waals surface area contributed by atoms with Crippen molar-refractivity contribution in [1.82, 2.24) is 19.8 Å². The summed E-state index contributed by atoms with van der Waals surface area (Å²) in [5.74, 6) is 0.406. The molecule has 1 amide bonds. The molecule has 0 saturated heterocycles. The second kappa shape index (κ2) is 8.13. The van der Waals surface area contributed by atoms with Crippen LogP contribution in [0.1, 0.15) is 0 Å². The van der Waals surface area contributed by atoms with E-state index in [2.05, 4.69) is 20.6 Å². The fraction of sp³-hybridized carbons (Fsp3) is 0.111. The largest absolute Gasteiger partial charge is 0.495 e. The summed E-state index contributed by atoms with van der Waals surface area (Å²) < 4.78 is 12.3. The Balaban J connectivity index is 1.46. The molecule has 0 aliphatic carbocycles. The van der Waals surface area contributed by atoms with Gasteiger partial charge >= 0.3 is 0 Å². The number of aromatic nitrogens is 4. The number of ether oxygens (including phenoxy) is 2. The second-order valence-corrected chi connectivity index (χ2v) is 6.92. The maximum absolute atomic E-state index is 12.3. The lowest BCUT2D eigenvalue weighted by atomic mass is 10.2. The molecular formula is C18H14N6O5S. The summed E-state index contributed by atoms with van der Waals surface area (Å²) in [5.41, 5.74) is 1.18. The lowest BCUT2D eigenvalue weighted by molar-refractivity contribution is -0.384. The van der Waals surface area contributed by atoms with Crippen LogP contribution in [0.5, 0.6) is 11.5 Å². The van der Waals surface area contributed by atoms with Crippen LogP contribution in [0.4, 0.5) is 11.4 Å². The third-order valence-corrected chi connectivity index (χ3v) is 4.99. The smallest absolute Gasteiger partial charge is 0.269 e. The van der Waals surface area contributed by atoms with Gasteiger partial charge in [-0.05, 0) is 30.3 Å². The Morgan fingerprint density at radius 2 is 2.07 bits per heavy atom. The number of hydrogen-bond donors (Lipinski definition) is 1. The van der Waals surface area contributed by atoms with E-state index in [1.54, 1.807) is 16.6 Å². The summed E-state index contributed by atoms with van der Waals surface area (Å²) in [6.45, 7) is -0.276. The van der Waals surface area contributed by atoms with Crippen molar-refractivity contribution in [2.75, 3.05) is 19.0 Å². The van der Waals surface area contributed by atoms with Crippen molar-refractivity contribution in [2.24, 2.45) is 0 Å². The zero-order chi connectivity index (χ0) is 21.1. The van der Waals surface area contributed by atoms with Gasteiger partial charge in [-0.1, -0.05) is 11.3 Å². The number of rotatable bonds is 7. The van der Waals surface area contributed by atoms with Crippen LogP contribution in [0.3, 0.4) is 0 Å². The highest BCUT2D eigenvalue weighted by molar-refractivity contribution is 7.19. The summed E-state index contributed by atoms with van der Waals surface area (Å²) in [5, 5.41) is 26.3. The summed E-state index contributed by atoms with van der Waals surface area (Å²) >= 11 is 1.36. The van der Waals surface area contributed by atoms with E-state index in [1.807, 2.05) is 6.07 Å². The molecule has 2 heterocycles. The Labute approximate surface area is 173 Å². The van der Waals surface area contributed by atoms with Gasteiger partial charge in [-0.15, -0.1) is 10.2 Å². The first-order valence-electron chi connectivity index (χ1n) is 8.56. The van der Waals surface area contributed by atoms with Gasteiger partial charge in [0.05, 0.1) is 17.7 Å². The normalized spacial score (nSPS) is 10.7. The predicted octanol–water partition coefficient (Wildman–Crippen LogP) is 2.79. The van der Waals surface area contributed by atoms with Gasteiger partial charge < -0.3 is 14.8 Å². The zero-order valence-electron chi connectivity index (χ0n) is 15.5. The van der Waals surface area contributed by atoms with Crippen LogP contribution in [0.25, 0.3) is 15.5 Å². The fourth-order valence-electron chi connectivity index (χ4n) is 2.61. The lowest BCUT2D eigenvalue weighted by Crippen LogP contribution is -2.20. The average molecular weight is 426 g/mol. The van der Waals surface area contributed by atoms with Crippen LogP contribution >= 0.6 is 11.3 Å². The first-order chi connectivity index (χ1) is 14.5. The van der Waals surface area contributed by atoms with Gasteiger partial charge in [-0.3, -0.25) is 14.9 Å². The average Bonchev–Trinajstić information content (AvgIpc) is 3.35. The third-order valence-electron chi connectivity index (χ3n) is 4.02. The molecule has 0 atom stereocenters. The number of nitro benzene ring substituents is 1. The number of anilines is 1. The van der Waals surface area contributed by atoms with Crippen LogP contribution < -0.4 is 14.8 Å². The number of methoxy groups -OCH3 is 1. The number of hydrogen-bond acceptors (Lipinski definition) is 9. The molecule has 0 aliphatic heterocycles. The topological polar surface area (TPSA) is 134 Å². The van der Waals surface area contributed by atoms with Crippen molar-refractivity contribution >= 4 is 33.6 Å². The molecule has 0 fully saturated rings. The maximum atomic E-state index is 12.3. The first kappa shape index (κ1) is 19.3. The number of carbonyl (C=O) groups excluding carboxylic acids is 1. The number of nitrogens with one attached hydrogen (secondary N) is 1.